The fourth-order valence-corrected chi connectivity index (χ4v) is 3.98. The van der Waals surface area contributed by atoms with Crippen molar-refractivity contribution in [3.05, 3.63) is 78.9 Å². The summed E-state index contributed by atoms with van der Waals surface area (Å²) >= 11 is 0. The van der Waals surface area contributed by atoms with Gasteiger partial charge in [0, 0.05) is 48.9 Å². The zero-order valence-corrected chi connectivity index (χ0v) is 19.8. The lowest BCUT2D eigenvalue weighted by atomic mass is 10.1. The molecule has 1 aliphatic heterocycles. The van der Waals surface area contributed by atoms with Gasteiger partial charge in [0.15, 0.2) is 5.82 Å². The van der Waals surface area contributed by atoms with Crippen molar-refractivity contribution in [1.82, 2.24) is 19.7 Å². The summed E-state index contributed by atoms with van der Waals surface area (Å²) in [7, 11) is 1.57. The van der Waals surface area contributed by atoms with Crippen molar-refractivity contribution in [2.24, 2.45) is 5.92 Å². The molecular formula is C26H24N6O4. The highest BCUT2D eigenvalue weighted by Gasteiger charge is 2.35. The molecule has 1 saturated heterocycles. The van der Waals surface area contributed by atoms with Crippen molar-refractivity contribution in [3.8, 4) is 23.2 Å². The Labute approximate surface area is 207 Å². The lowest BCUT2D eigenvalue weighted by Gasteiger charge is -2.17. The number of benzene rings is 2. The third-order valence-corrected chi connectivity index (χ3v) is 5.75. The van der Waals surface area contributed by atoms with E-state index in [9.17, 15) is 9.59 Å². The maximum Gasteiger partial charge on any atom is 0.229 e. The third kappa shape index (κ3) is 5.02. The molecule has 1 fully saturated rings. The van der Waals surface area contributed by atoms with Crippen molar-refractivity contribution in [1.29, 1.82) is 0 Å². The molecule has 0 radical (unpaired) electrons. The topological polar surface area (TPSA) is 111 Å². The average Bonchev–Trinajstić information content (AvgIpc) is 3.55. The number of carbonyl (C=O) groups excluding carboxylic acids is 2. The Morgan fingerprint density at radius 1 is 1.06 bits per heavy atom. The van der Waals surface area contributed by atoms with Crippen molar-refractivity contribution in [3.63, 3.8) is 0 Å². The molecule has 3 heterocycles. The van der Waals surface area contributed by atoms with Gasteiger partial charge < -0.3 is 19.7 Å². The standard InChI is InChI=1S/C26H24N6O4/c1-17-28-23(32-12-4-11-27-32)15-24(29-17)36-21-9-7-19(8-10-21)30-26(34)18-13-25(33)31(16-18)20-5-3-6-22(14-20)35-2/h3-12,14-15,18H,13,16H2,1-2H3,(H,30,34). The number of ether oxygens (including phenoxy) is 2. The van der Waals surface area contributed by atoms with Gasteiger partial charge >= 0.3 is 0 Å². The highest BCUT2D eigenvalue weighted by molar-refractivity contribution is 6.03. The second kappa shape index (κ2) is 9.87. The minimum atomic E-state index is -0.454. The van der Waals surface area contributed by atoms with Crippen LogP contribution in [0.5, 0.6) is 17.4 Å². The van der Waals surface area contributed by atoms with Crippen LogP contribution >= 0.6 is 0 Å². The number of nitrogens with one attached hydrogen (secondary N) is 1. The SMILES string of the molecule is COc1cccc(N2CC(C(=O)Nc3ccc(Oc4cc(-n5cccn5)nc(C)n4)cc3)CC2=O)c1. The Bertz CT molecular complexity index is 1390. The van der Waals surface area contributed by atoms with Crippen molar-refractivity contribution >= 4 is 23.2 Å². The number of anilines is 2. The van der Waals surface area contributed by atoms with Gasteiger partial charge in [0.05, 0.1) is 13.0 Å². The van der Waals surface area contributed by atoms with Crippen LogP contribution in [0.1, 0.15) is 12.2 Å². The number of methoxy groups -OCH3 is 1. The first kappa shape index (κ1) is 23.0. The molecule has 2 amide bonds. The summed E-state index contributed by atoms with van der Waals surface area (Å²) in [5, 5.41) is 7.07. The van der Waals surface area contributed by atoms with E-state index in [0.717, 1.165) is 0 Å². The van der Waals surface area contributed by atoms with Crippen molar-refractivity contribution in [2.75, 3.05) is 23.9 Å². The maximum absolute atomic E-state index is 12.9. The van der Waals surface area contributed by atoms with Crippen LogP contribution in [0.25, 0.3) is 5.82 Å². The van der Waals surface area contributed by atoms with Gasteiger partial charge in [-0.1, -0.05) is 6.07 Å². The van der Waals surface area contributed by atoms with Crippen LogP contribution in [0.2, 0.25) is 0 Å². The number of carbonyl (C=O) groups is 2. The number of rotatable bonds is 7. The molecule has 0 saturated carbocycles. The molecule has 2 aromatic carbocycles. The molecule has 0 spiro atoms. The van der Waals surface area contributed by atoms with Gasteiger partial charge in [-0.15, -0.1) is 0 Å². The second-order valence-corrected chi connectivity index (χ2v) is 8.28. The van der Waals surface area contributed by atoms with Crippen LogP contribution in [0.15, 0.2) is 73.1 Å². The number of aromatic nitrogens is 4. The van der Waals surface area contributed by atoms with Crippen molar-refractivity contribution < 1.29 is 19.1 Å². The zero-order valence-electron chi connectivity index (χ0n) is 19.8. The van der Waals surface area contributed by atoms with Gasteiger partial charge in [-0.3, -0.25) is 9.59 Å². The molecule has 1 N–H and O–H groups in total. The summed E-state index contributed by atoms with van der Waals surface area (Å²) < 4.78 is 12.8. The minimum absolute atomic E-state index is 0.0956. The largest absolute Gasteiger partial charge is 0.497 e. The van der Waals surface area contributed by atoms with Gasteiger partial charge in [-0.25, -0.2) is 9.67 Å². The van der Waals surface area contributed by atoms with Crippen LogP contribution in [0, 0.1) is 12.8 Å². The predicted molar refractivity (Wildman–Crippen MR) is 132 cm³/mol. The zero-order chi connectivity index (χ0) is 25.1. The maximum atomic E-state index is 12.9. The van der Waals surface area contributed by atoms with Gasteiger partial charge in [-0.05, 0) is 49.4 Å². The summed E-state index contributed by atoms with van der Waals surface area (Å²) in [5.41, 5.74) is 1.32. The fourth-order valence-electron chi connectivity index (χ4n) is 3.98. The smallest absolute Gasteiger partial charge is 0.229 e. The Morgan fingerprint density at radius 3 is 2.64 bits per heavy atom. The number of amides is 2. The number of nitrogens with zero attached hydrogens (tertiary/aromatic N) is 5. The van der Waals surface area contributed by atoms with Crippen molar-refractivity contribution in [2.45, 2.75) is 13.3 Å². The van der Waals surface area contributed by atoms with E-state index in [4.69, 9.17) is 9.47 Å². The lowest BCUT2D eigenvalue weighted by molar-refractivity contribution is -0.122. The summed E-state index contributed by atoms with van der Waals surface area (Å²) in [6, 6.07) is 17.7. The molecule has 1 unspecified atom stereocenters. The molecule has 182 valence electrons. The van der Waals surface area contributed by atoms with E-state index >= 15 is 0 Å². The van der Waals surface area contributed by atoms with E-state index in [0.29, 0.717) is 46.9 Å². The number of aryl methyl sites for hydroxylation is 1. The normalized spacial score (nSPS) is 15.1. The minimum Gasteiger partial charge on any atom is -0.497 e. The molecule has 2 aromatic heterocycles. The van der Waals surface area contributed by atoms with E-state index in [-0.39, 0.29) is 18.2 Å². The molecule has 1 atom stereocenters. The third-order valence-electron chi connectivity index (χ3n) is 5.75. The van der Waals surface area contributed by atoms with Gasteiger partial charge in [0.1, 0.15) is 17.3 Å². The molecule has 36 heavy (non-hydrogen) atoms. The number of hydrogen-bond donors (Lipinski definition) is 1. The molecule has 0 bridgehead atoms. The monoisotopic (exact) mass is 484 g/mol. The van der Waals surface area contributed by atoms with Crippen LogP contribution < -0.4 is 19.7 Å². The van der Waals surface area contributed by atoms with Crippen LogP contribution in [0.4, 0.5) is 11.4 Å². The molecule has 4 aromatic rings. The Kier molecular flexibility index (Phi) is 6.31. The molecule has 10 heteroatoms. The first-order chi connectivity index (χ1) is 17.5. The molecule has 1 aliphatic rings. The summed E-state index contributed by atoms with van der Waals surface area (Å²) in [6.07, 6.45) is 3.61. The van der Waals surface area contributed by atoms with E-state index in [1.807, 2.05) is 24.3 Å². The highest BCUT2D eigenvalue weighted by Crippen LogP contribution is 2.29. The summed E-state index contributed by atoms with van der Waals surface area (Å²) in [5.74, 6) is 1.98. The fraction of sp³-hybridized carbons (Fsp3) is 0.192. The first-order valence-electron chi connectivity index (χ1n) is 11.4. The molecule has 5 rings (SSSR count). The van der Waals surface area contributed by atoms with E-state index in [1.54, 1.807) is 72.4 Å². The number of hydrogen-bond acceptors (Lipinski definition) is 7. The van der Waals surface area contributed by atoms with Crippen LogP contribution in [-0.2, 0) is 9.59 Å². The predicted octanol–water partition coefficient (Wildman–Crippen LogP) is 3.76. The van der Waals surface area contributed by atoms with E-state index in [2.05, 4.69) is 20.4 Å². The van der Waals surface area contributed by atoms with Gasteiger partial charge in [0.25, 0.3) is 0 Å². The van der Waals surface area contributed by atoms with Crippen LogP contribution in [-0.4, -0.2) is 45.2 Å². The molecule has 10 nitrogen and oxygen atoms in total. The second-order valence-electron chi connectivity index (χ2n) is 8.28. The quantitative estimate of drug-likeness (QED) is 0.425. The highest BCUT2D eigenvalue weighted by atomic mass is 16.5. The average molecular weight is 485 g/mol. The Balaban J connectivity index is 1.22. The first-order valence-corrected chi connectivity index (χ1v) is 11.4. The van der Waals surface area contributed by atoms with Crippen LogP contribution in [0.3, 0.4) is 0 Å². The van der Waals surface area contributed by atoms with E-state index < -0.39 is 5.92 Å². The van der Waals surface area contributed by atoms with E-state index in [1.165, 1.54) is 0 Å². The lowest BCUT2D eigenvalue weighted by Crippen LogP contribution is -2.28. The van der Waals surface area contributed by atoms with Gasteiger partial charge in [-0.2, -0.15) is 10.1 Å². The Morgan fingerprint density at radius 2 is 1.89 bits per heavy atom. The summed E-state index contributed by atoms with van der Waals surface area (Å²) in [4.78, 5) is 35.7. The Hall–Kier alpha value is -4.73. The molecular weight excluding hydrogens is 460 g/mol. The molecule has 0 aliphatic carbocycles. The van der Waals surface area contributed by atoms with Gasteiger partial charge in [0.2, 0.25) is 17.7 Å². The summed E-state index contributed by atoms with van der Waals surface area (Å²) in [6.45, 7) is 2.09.